The molecule has 2 radical (unpaired) electrons. The molecule has 0 aromatic heterocycles. The second kappa shape index (κ2) is 5.45. The first-order valence-corrected chi connectivity index (χ1v) is 9.45. The third-order valence-corrected chi connectivity index (χ3v) is 6.08. The van der Waals surface area contributed by atoms with Crippen molar-refractivity contribution in [3.8, 4) is 5.75 Å². The quantitative estimate of drug-likeness (QED) is 0.823. The van der Waals surface area contributed by atoms with E-state index in [9.17, 15) is 9.90 Å². The third kappa shape index (κ3) is 2.09. The van der Waals surface area contributed by atoms with Crippen LogP contribution in [0.25, 0.3) is 0 Å². The minimum absolute atomic E-state index is 0.142. The largest absolute Gasteiger partial charge is 0.456 e. The summed E-state index contributed by atoms with van der Waals surface area (Å²) in [5.41, 5.74) is 1.10. The topological polar surface area (TPSA) is 46.5 Å². The summed E-state index contributed by atoms with van der Waals surface area (Å²) < 4.78 is 6.20. The van der Waals surface area contributed by atoms with E-state index in [1.165, 1.54) is 0 Å². The van der Waals surface area contributed by atoms with Gasteiger partial charge >= 0.3 is 0 Å². The minimum atomic E-state index is -1.77. The lowest BCUT2D eigenvalue weighted by Gasteiger charge is -2.43. The van der Waals surface area contributed by atoms with Gasteiger partial charge in [-0.25, -0.2) is 0 Å². The van der Waals surface area contributed by atoms with Crippen LogP contribution in [-0.4, -0.2) is 10.9 Å². The van der Waals surface area contributed by atoms with Crippen LogP contribution in [0, 0.1) is 18.3 Å². The molecule has 2 aromatic carbocycles. The maximum absolute atomic E-state index is 13.8. The monoisotopic (exact) mass is 362 g/mol. The summed E-state index contributed by atoms with van der Waals surface area (Å²) in [5.74, 6) is -0.370. The van der Waals surface area contributed by atoms with Gasteiger partial charge in [0, 0.05) is 22.6 Å². The highest BCUT2D eigenvalue weighted by Crippen LogP contribution is 2.65. The van der Waals surface area contributed by atoms with Crippen molar-refractivity contribution in [2.45, 2.75) is 51.7 Å². The molecule has 0 amide bonds. The van der Waals surface area contributed by atoms with E-state index in [0.717, 1.165) is 5.56 Å². The molecule has 3 heteroatoms. The van der Waals surface area contributed by atoms with Gasteiger partial charge in [-0.2, -0.15) is 0 Å². The molecule has 2 atom stereocenters. The number of Topliss-reactive ketones (excluding diaryl/α,β-unsaturated/α-hetero) is 1. The summed E-state index contributed by atoms with van der Waals surface area (Å²) in [4.78, 5) is 13.8. The first-order chi connectivity index (χ1) is 12.5. The molecule has 2 unspecified atom stereocenters. The second-order valence-corrected chi connectivity index (χ2v) is 9.01. The summed E-state index contributed by atoms with van der Waals surface area (Å²) >= 11 is 0. The summed E-state index contributed by atoms with van der Waals surface area (Å²) in [5, 5.41) is 11.9. The molecular weight excluding hydrogens is 336 g/mol. The average molecular weight is 362 g/mol. The summed E-state index contributed by atoms with van der Waals surface area (Å²) in [6, 6.07) is 13.1. The molecule has 1 N–H and O–H groups in total. The number of carbonyl (C=O) groups is 1. The third-order valence-electron chi connectivity index (χ3n) is 6.08. The number of ether oxygens (including phenoxy) is 1. The van der Waals surface area contributed by atoms with E-state index in [1.807, 2.05) is 51.1 Å². The highest BCUT2D eigenvalue weighted by atomic mass is 16.6. The zero-order valence-electron chi connectivity index (χ0n) is 16.6. The van der Waals surface area contributed by atoms with Crippen LogP contribution < -0.4 is 4.74 Å². The fourth-order valence-corrected chi connectivity index (χ4v) is 4.49. The lowest BCUT2D eigenvalue weighted by molar-refractivity contribution is -0.162. The molecule has 140 valence electrons. The molecule has 2 aliphatic rings. The van der Waals surface area contributed by atoms with Crippen molar-refractivity contribution in [1.29, 1.82) is 0 Å². The van der Waals surface area contributed by atoms with Gasteiger partial charge in [0.1, 0.15) is 11.2 Å². The van der Waals surface area contributed by atoms with Gasteiger partial charge in [0.05, 0.1) is 0 Å². The van der Waals surface area contributed by atoms with Crippen molar-refractivity contribution in [3.63, 3.8) is 0 Å². The number of carbonyl (C=O) groups excluding carboxylic acids is 1. The number of hydrogen-bond donors (Lipinski definition) is 1. The predicted molar refractivity (Wildman–Crippen MR) is 106 cm³/mol. The van der Waals surface area contributed by atoms with E-state index in [-0.39, 0.29) is 5.78 Å². The van der Waals surface area contributed by atoms with Gasteiger partial charge < -0.3 is 9.84 Å². The van der Waals surface area contributed by atoms with Crippen LogP contribution in [0.2, 0.25) is 0 Å². The van der Waals surface area contributed by atoms with Gasteiger partial charge in [-0.3, -0.25) is 4.79 Å². The van der Waals surface area contributed by atoms with Crippen LogP contribution in [-0.2, 0) is 11.2 Å². The van der Waals surface area contributed by atoms with Crippen LogP contribution in [0.5, 0.6) is 5.75 Å². The van der Waals surface area contributed by atoms with E-state index in [4.69, 9.17) is 4.74 Å². The molecule has 0 bridgehead atoms. The van der Waals surface area contributed by atoms with Gasteiger partial charge in [0.2, 0.25) is 0 Å². The van der Waals surface area contributed by atoms with Crippen LogP contribution >= 0.6 is 0 Å². The summed E-state index contributed by atoms with van der Waals surface area (Å²) in [6.45, 7) is 14.6. The van der Waals surface area contributed by atoms with Crippen molar-refractivity contribution in [3.05, 3.63) is 77.6 Å². The van der Waals surface area contributed by atoms with Crippen LogP contribution in [0.3, 0.4) is 0 Å². The molecule has 1 aliphatic heterocycles. The number of rotatable bonds is 2. The molecule has 27 heavy (non-hydrogen) atoms. The molecule has 1 heterocycles. The van der Waals surface area contributed by atoms with Gasteiger partial charge in [0.15, 0.2) is 5.78 Å². The number of ketones is 1. The fourth-order valence-electron chi connectivity index (χ4n) is 4.49. The first-order valence-electron chi connectivity index (χ1n) is 9.45. The van der Waals surface area contributed by atoms with E-state index < -0.39 is 16.6 Å². The molecular formula is C24H26O3. The Morgan fingerprint density at radius 2 is 1.78 bits per heavy atom. The lowest BCUT2D eigenvalue weighted by atomic mass is 9.58. The molecule has 0 saturated carbocycles. The predicted octanol–water partition coefficient (Wildman–Crippen LogP) is 4.94. The van der Waals surface area contributed by atoms with E-state index in [1.54, 1.807) is 12.1 Å². The second-order valence-electron chi connectivity index (χ2n) is 9.01. The Balaban J connectivity index is 2.05. The van der Waals surface area contributed by atoms with Crippen LogP contribution in [0.1, 0.15) is 67.6 Å². The highest BCUT2D eigenvalue weighted by Gasteiger charge is 2.73. The van der Waals surface area contributed by atoms with Crippen LogP contribution in [0.15, 0.2) is 42.5 Å². The van der Waals surface area contributed by atoms with Gasteiger partial charge in [0.25, 0.3) is 5.79 Å². The Morgan fingerprint density at radius 3 is 2.41 bits per heavy atom. The Morgan fingerprint density at radius 1 is 1.11 bits per heavy atom. The Bertz CT molecular complexity index is 937. The maximum Gasteiger partial charge on any atom is 0.253 e. The summed E-state index contributed by atoms with van der Waals surface area (Å²) in [7, 11) is 0. The molecule has 0 fully saturated rings. The molecule has 0 saturated heterocycles. The average Bonchev–Trinajstić information content (AvgIpc) is 2.98. The van der Waals surface area contributed by atoms with E-state index in [2.05, 4.69) is 20.8 Å². The Labute approximate surface area is 161 Å². The molecule has 2 aromatic rings. The zero-order valence-corrected chi connectivity index (χ0v) is 16.6. The Kier molecular flexibility index (Phi) is 3.68. The molecule has 4 rings (SSSR count). The van der Waals surface area contributed by atoms with Gasteiger partial charge in [-0.05, 0) is 29.9 Å². The number of benzene rings is 2. The lowest BCUT2D eigenvalue weighted by Crippen LogP contribution is -2.55. The van der Waals surface area contributed by atoms with Crippen molar-refractivity contribution in [2.24, 2.45) is 5.41 Å². The van der Waals surface area contributed by atoms with Crippen molar-refractivity contribution >= 4 is 5.78 Å². The van der Waals surface area contributed by atoms with E-state index in [0.29, 0.717) is 34.3 Å². The van der Waals surface area contributed by atoms with Crippen molar-refractivity contribution in [1.82, 2.24) is 0 Å². The zero-order chi connectivity index (χ0) is 19.8. The summed E-state index contributed by atoms with van der Waals surface area (Å²) in [6.07, 6.45) is 0. The van der Waals surface area contributed by atoms with Crippen molar-refractivity contribution < 1.29 is 14.6 Å². The van der Waals surface area contributed by atoms with Crippen molar-refractivity contribution in [2.75, 3.05) is 0 Å². The molecule has 1 aliphatic carbocycles. The van der Waals surface area contributed by atoms with Crippen LogP contribution in [0.4, 0.5) is 0 Å². The standard InChI is InChI=1S/C24H26O3/c1-14(2)16-11-12-19-20(13-16)27-24(26)18-10-8-7-9-17(18)21(25)23(19,24)15(3)22(4,5)6/h7-14,26H,3H2,1-2,4-6H3. The maximum atomic E-state index is 13.8. The smallest absolute Gasteiger partial charge is 0.253 e. The highest BCUT2D eigenvalue weighted by molar-refractivity contribution is 6.13. The Hall–Kier alpha value is -2.13. The molecule has 0 spiro atoms. The van der Waals surface area contributed by atoms with Gasteiger partial charge in [-0.15, -0.1) is 0 Å². The van der Waals surface area contributed by atoms with E-state index >= 15 is 0 Å². The fraction of sp³-hybridized carbons (Fsp3) is 0.375. The first kappa shape index (κ1) is 18.2. The normalized spacial score (nSPS) is 26.2. The molecule has 3 nitrogen and oxygen atoms in total. The SMILES string of the molecule is [CH2][C](C(C)(C)C)C12C(=O)c3ccccc3C1(O)Oc1cc(C(C)C)ccc12. The number of aliphatic hydroxyl groups is 1. The number of fused-ring (bicyclic) bond motifs is 5. The minimum Gasteiger partial charge on any atom is -0.456 e. The number of hydrogen-bond acceptors (Lipinski definition) is 3. The van der Waals surface area contributed by atoms with Gasteiger partial charge in [-0.1, -0.05) is 71.0 Å².